The highest BCUT2D eigenvalue weighted by Gasteiger charge is 2.34. The number of halogens is 2. The van der Waals surface area contributed by atoms with Crippen LogP contribution in [-0.2, 0) is 13.1 Å². The Morgan fingerprint density at radius 2 is 1.77 bits per heavy atom. The maximum atomic E-state index is 15.0. The molecule has 0 bridgehead atoms. The molecule has 222 valence electrons. The second-order valence-electron chi connectivity index (χ2n) is 10.6. The van der Waals surface area contributed by atoms with E-state index in [0.29, 0.717) is 36.9 Å². The largest absolute Gasteiger partial charge is 0.381 e. The van der Waals surface area contributed by atoms with Crippen LogP contribution in [0.25, 0.3) is 17.0 Å². The average molecular weight is 584 g/mol. The summed E-state index contributed by atoms with van der Waals surface area (Å²) in [5.74, 6) is -1.40. The van der Waals surface area contributed by atoms with Crippen LogP contribution >= 0.6 is 0 Å². The lowest BCUT2D eigenvalue weighted by Crippen LogP contribution is -2.43. The lowest BCUT2D eigenvalue weighted by molar-refractivity contribution is 0.246. The van der Waals surface area contributed by atoms with Gasteiger partial charge in [-0.25, -0.2) is 23.5 Å². The van der Waals surface area contributed by atoms with Gasteiger partial charge in [-0.15, -0.1) is 0 Å². The standard InChI is InChI=1S/C33H35F2N7O/c1-20(2)36-15-16-37-32-40-29(25-17-24(14-13-21(25)3)22(4)38-18-23-9-6-5-7-10-23)26-19-39-33(43)42(31(26)41-32)30-27(34)11-8-12-28(30)35/h5-14,17,20,36,38H,4,15-16,18-19H2,1-3H3,(H,39,43)(H,37,40,41). The minimum atomic E-state index is -0.877. The van der Waals surface area contributed by atoms with E-state index in [9.17, 15) is 4.79 Å². The predicted molar refractivity (Wildman–Crippen MR) is 167 cm³/mol. The maximum absolute atomic E-state index is 15.0. The van der Waals surface area contributed by atoms with Crippen molar-refractivity contribution in [1.29, 1.82) is 0 Å². The fourth-order valence-electron chi connectivity index (χ4n) is 4.88. The number of carbonyl (C=O) groups excluding carboxylic acids is 1. The number of nitrogens with zero attached hydrogens (tertiary/aromatic N) is 3. The lowest BCUT2D eigenvalue weighted by atomic mass is 9.97. The normalized spacial score (nSPS) is 12.6. The summed E-state index contributed by atoms with van der Waals surface area (Å²) in [7, 11) is 0. The molecule has 0 aliphatic carbocycles. The van der Waals surface area contributed by atoms with Crippen LogP contribution in [-0.4, -0.2) is 35.1 Å². The Morgan fingerprint density at radius 1 is 1.02 bits per heavy atom. The van der Waals surface area contributed by atoms with Gasteiger partial charge in [-0.2, -0.15) is 4.98 Å². The summed E-state index contributed by atoms with van der Waals surface area (Å²) in [6, 6.07) is 19.0. The molecule has 5 rings (SSSR count). The molecule has 10 heteroatoms. The van der Waals surface area contributed by atoms with Gasteiger partial charge >= 0.3 is 6.03 Å². The van der Waals surface area contributed by atoms with Crippen LogP contribution < -0.4 is 26.2 Å². The first kappa shape index (κ1) is 29.7. The highest BCUT2D eigenvalue weighted by atomic mass is 19.1. The smallest absolute Gasteiger partial charge is 0.328 e. The number of urea groups is 1. The van der Waals surface area contributed by atoms with Crippen LogP contribution in [0.5, 0.6) is 0 Å². The zero-order valence-electron chi connectivity index (χ0n) is 24.5. The molecule has 2 heterocycles. The molecule has 1 aromatic heterocycles. The molecule has 2 amide bonds. The van der Waals surface area contributed by atoms with Gasteiger partial charge in [0.25, 0.3) is 0 Å². The van der Waals surface area contributed by atoms with E-state index >= 15 is 8.78 Å². The minimum absolute atomic E-state index is 0.0854. The fraction of sp³-hybridized carbons (Fsp3) is 0.242. The summed E-state index contributed by atoms with van der Waals surface area (Å²) >= 11 is 0. The number of carbonyl (C=O) groups is 1. The van der Waals surface area contributed by atoms with E-state index in [0.717, 1.165) is 45.0 Å². The number of rotatable bonds is 11. The molecule has 0 unspecified atom stereocenters. The Hall–Kier alpha value is -4.83. The third-order valence-electron chi connectivity index (χ3n) is 7.13. The van der Waals surface area contributed by atoms with E-state index < -0.39 is 23.4 Å². The second kappa shape index (κ2) is 13.0. The van der Waals surface area contributed by atoms with Crippen molar-refractivity contribution >= 4 is 29.2 Å². The molecule has 0 saturated carbocycles. The van der Waals surface area contributed by atoms with Crippen LogP contribution in [0, 0.1) is 18.6 Å². The minimum Gasteiger partial charge on any atom is -0.381 e. The van der Waals surface area contributed by atoms with Gasteiger partial charge in [0.05, 0.1) is 12.2 Å². The van der Waals surface area contributed by atoms with Crippen molar-refractivity contribution in [3.8, 4) is 11.3 Å². The topological polar surface area (TPSA) is 94.2 Å². The first-order chi connectivity index (χ1) is 20.7. The molecule has 8 nitrogen and oxygen atoms in total. The van der Waals surface area contributed by atoms with E-state index in [1.807, 2.05) is 69.3 Å². The molecule has 0 fully saturated rings. The van der Waals surface area contributed by atoms with Crippen molar-refractivity contribution in [2.75, 3.05) is 23.3 Å². The van der Waals surface area contributed by atoms with Crippen molar-refractivity contribution in [2.45, 2.75) is 39.9 Å². The van der Waals surface area contributed by atoms with Gasteiger partial charge in [-0.05, 0) is 41.8 Å². The second-order valence-corrected chi connectivity index (χ2v) is 10.6. The van der Waals surface area contributed by atoms with Gasteiger partial charge in [0.1, 0.15) is 17.3 Å². The van der Waals surface area contributed by atoms with Crippen molar-refractivity contribution < 1.29 is 13.6 Å². The summed E-state index contributed by atoms with van der Waals surface area (Å²) in [5.41, 5.74) is 5.01. The molecule has 3 aromatic carbocycles. The summed E-state index contributed by atoms with van der Waals surface area (Å²) in [6.07, 6.45) is 0. The van der Waals surface area contributed by atoms with Crippen molar-refractivity contribution in [2.24, 2.45) is 0 Å². The van der Waals surface area contributed by atoms with Crippen LogP contribution in [0.2, 0.25) is 0 Å². The molecule has 0 atom stereocenters. The van der Waals surface area contributed by atoms with Crippen molar-refractivity contribution in [3.05, 3.63) is 107 Å². The first-order valence-electron chi connectivity index (χ1n) is 14.2. The zero-order chi connectivity index (χ0) is 30.5. The first-order valence-corrected chi connectivity index (χ1v) is 14.2. The molecule has 0 spiro atoms. The third kappa shape index (κ3) is 6.65. The number of hydrogen-bond donors (Lipinski definition) is 4. The van der Waals surface area contributed by atoms with E-state index in [2.05, 4.69) is 32.8 Å². The molecule has 0 saturated heterocycles. The third-order valence-corrected chi connectivity index (χ3v) is 7.13. The van der Waals surface area contributed by atoms with E-state index in [1.54, 1.807) is 0 Å². The van der Waals surface area contributed by atoms with Crippen molar-refractivity contribution in [1.82, 2.24) is 25.9 Å². The van der Waals surface area contributed by atoms with Gasteiger partial charge < -0.3 is 21.3 Å². The van der Waals surface area contributed by atoms with Gasteiger partial charge in [-0.1, -0.05) is 69.0 Å². The van der Waals surface area contributed by atoms with Crippen molar-refractivity contribution in [3.63, 3.8) is 0 Å². The molecular weight excluding hydrogens is 548 g/mol. The number of anilines is 3. The number of hydrogen-bond acceptors (Lipinski definition) is 6. The zero-order valence-corrected chi connectivity index (χ0v) is 24.5. The Kier molecular flexibility index (Phi) is 8.96. The summed E-state index contributed by atoms with van der Waals surface area (Å²) in [4.78, 5) is 23.5. The number of fused-ring (bicyclic) bond motifs is 1. The molecular formula is C33H35F2N7O. The number of nitrogens with one attached hydrogen (secondary N) is 4. The average Bonchev–Trinajstić information content (AvgIpc) is 2.99. The Balaban J connectivity index is 1.58. The fourth-order valence-corrected chi connectivity index (χ4v) is 4.88. The summed E-state index contributed by atoms with van der Waals surface area (Å²) < 4.78 is 30.0. The van der Waals surface area contributed by atoms with Gasteiger partial charge in [0.2, 0.25) is 5.95 Å². The maximum Gasteiger partial charge on any atom is 0.328 e. The van der Waals surface area contributed by atoms with Gasteiger partial charge in [0, 0.05) is 42.5 Å². The summed E-state index contributed by atoms with van der Waals surface area (Å²) in [6.45, 7) is 12.1. The molecule has 43 heavy (non-hydrogen) atoms. The van der Waals surface area contributed by atoms with Gasteiger partial charge in [0.15, 0.2) is 5.82 Å². The van der Waals surface area contributed by atoms with E-state index in [1.165, 1.54) is 6.07 Å². The van der Waals surface area contributed by atoms with E-state index in [-0.39, 0.29) is 18.3 Å². The Morgan fingerprint density at radius 3 is 2.49 bits per heavy atom. The number of benzene rings is 3. The SMILES string of the molecule is C=C(NCc1ccccc1)c1ccc(C)c(-c2nc(NCCNC(C)C)nc3c2CNC(=O)N3c2c(F)cccc2F)c1. The predicted octanol–water partition coefficient (Wildman–Crippen LogP) is 6.26. The molecule has 0 radical (unpaired) electrons. The van der Waals surface area contributed by atoms with Gasteiger partial charge in [-0.3, -0.25) is 0 Å². The van der Waals surface area contributed by atoms with Crippen LogP contribution in [0.15, 0.2) is 73.3 Å². The molecule has 4 N–H and O–H groups in total. The number of aryl methyl sites for hydroxylation is 1. The number of para-hydroxylation sites is 1. The van der Waals surface area contributed by atoms with Crippen LogP contribution in [0.3, 0.4) is 0 Å². The van der Waals surface area contributed by atoms with Crippen LogP contribution in [0.1, 0.15) is 36.1 Å². The Bertz CT molecular complexity index is 1620. The molecule has 1 aliphatic heterocycles. The summed E-state index contributed by atoms with van der Waals surface area (Å²) in [5, 5.41) is 12.7. The lowest BCUT2D eigenvalue weighted by Gasteiger charge is -2.31. The molecule has 1 aliphatic rings. The van der Waals surface area contributed by atoms with Crippen LogP contribution in [0.4, 0.5) is 31.0 Å². The monoisotopic (exact) mass is 583 g/mol. The quantitative estimate of drug-likeness (QED) is 0.156. The number of amides is 2. The van der Waals surface area contributed by atoms with E-state index in [4.69, 9.17) is 4.98 Å². The highest BCUT2D eigenvalue weighted by molar-refractivity contribution is 6.02. The molecule has 4 aromatic rings. The number of aromatic nitrogens is 2. The highest BCUT2D eigenvalue weighted by Crippen LogP contribution is 2.39. The Labute approximate surface area is 250 Å².